The van der Waals surface area contributed by atoms with Crippen LogP contribution in [0.4, 0.5) is 5.69 Å². The summed E-state index contributed by atoms with van der Waals surface area (Å²) in [5.74, 6) is -1.55. The van der Waals surface area contributed by atoms with E-state index in [-0.39, 0.29) is 13.2 Å². The molecule has 6 heteroatoms. The zero-order valence-electron chi connectivity index (χ0n) is 11.0. The number of hydrogen-bond acceptors (Lipinski definition) is 4. The zero-order valence-corrected chi connectivity index (χ0v) is 11.0. The SMILES string of the molecule is Cc1cc(NC(=O)C(=O)NCCO)c2ccccc2n1. The lowest BCUT2D eigenvalue weighted by Crippen LogP contribution is -2.36. The number of carbonyl (C=O) groups excluding carboxylic acids is 2. The second kappa shape index (κ2) is 6.12. The predicted molar refractivity (Wildman–Crippen MR) is 75.2 cm³/mol. The summed E-state index contributed by atoms with van der Waals surface area (Å²) in [6, 6.07) is 9.06. The highest BCUT2D eigenvalue weighted by Gasteiger charge is 2.14. The molecule has 1 aromatic heterocycles. The summed E-state index contributed by atoms with van der Waals surface area (Å²) in [6.07, 6.45) is 0. The standard InChI is InChI=1S/C14H15N3O3/c1-9-8-12(10-4-2-3-5-11(10)16-9)17-14(20)13(19)15-6-7-18/h2-5,8,18H,6-7H2,1H3,(H,15,19)(H,16,17,20). The number of benzene rings is 1. The Labute approximate surface area is 115 Å². The van der Waals surface area contributed by atoms with Crippen molar-refractivity contribution in [3.8, 4) is 0 Å². The first kappa shape index (κ1) is 14.0. The maximum absolute atomic E-state index is 11.7. The Balaban J connectivity index is 2.25. The van der Waals surface area contributed by atoms with Crippen LogP contribution < -0.4 is 10.6 Å². The second-order valence-electron chi connectivity index (χ2n) is 4.26. The van der Waals surface area contributed by atoms with Gasteiger partial charge in [-0.15, -0.1) is 0 Å². The highest BCUT2D eigenvalue weighted by molar-refractivity contribution is 6.40. The Hall–Kier alpha value is -2.47. The lowest BCUT2D eigenvalue weighted by atomic mass is 10.1. The van der Waals surface area contributed by atoms with Gasteiger partial charge in [-0.25, -0.2) is 0 Å². The van der Waals surface area contributed by atoms with Crippen LogP contribution in [-0.4, -0.2) is 35.1 Å². The molecule has 0 aliphatic rings. The zero-order chi connectivity index (χ0) is 14.5. The average molecular weight is 273 g/mol. The maximum atomic E-state index is 11.7. The molecule has 0 saturated heterocycles. The van der Waals surface area contributed by atoms with Gasteiger partial charge in [-0.2, -0.15) is 0 Å². The number of fused-ring (bicyclic) bond motifs is 1. The molecule has 0 spiro atoms. The highest BCUT2D eigenvalue weighted by Crippen LogP contribution is 2.22. The van der Waals surface area contributed by atoms with Crippen molar-refractivity contribution in [2.24, 2.45) is 0 Å². The normalized spacial score (nSPS) is 10.3. The average Bonchev–Trinajstić information content (AvgIpc) is 2.44. The fourth-order valence-corrected chi connectivity index (χ4v) is 1.84. The first-order valence-corrected chi connectivity index (χ1v) is 6.18. The monoisotopic (exact) mass is 273 g/mol. The molecule has 0 fully saturated rings. The summed E-state index contributed by atoms with van der Waals surface area (Å²) >= 11 is 0. The Morgan fingerprint density at radius 1 is 1.25 bits per heavy atom. The van der Waals surface area contributed by atoms with Crippen molar-refractivity contribution in [2.45, 2.75) is 6.92 Å². The summed E-state index contributed by atoms with van der Waals surface area (Å²) in [5, 5.41) is 14.2. The number of anilines is 1. The van der Waals surface area contributed by atoms with Gasteiger partial charge in [0.05, 0.1) is 17.8 Å². The van der Waals surface area contributed by atoms with Crippen LogP contribution in [0.2, 0.25) is 0 Å². The van der Waals surface area contributed by atoms with E-state index in [0.717, 1.165) is 16.6 Å². The minimum atomic E-state index is -0.780. The predicted octanol–water partition coefficient (Wildman–Crippen LogP) is 0.590. The molecule has 3 N–H and O–H groups in total. The van der Waals surface area contributed by atoms with E-state index in [0.29, 0.717) is 5.69 Å². The third-order valence-corrected chi connectivity index (χ3v) is 2.70. The molecule has 0 radical (unpaired) electrons. The highest BCUT2D eigenvalue weighted by atomic mass is 16.3. The number of rotatable bonds is 3. The van der Waals surface area contributed by atoms with E-state index >= 15 is 0 Å². The van der Waals surface area contributed by atoms with Crippen molar-refractivity contribution in [1.82, 2.24) is 10.3 Å². The van der Waals surface area contributed by atoms with Gasteiger partial charge in [0.2, 0.25) is 0 Å². The van der Waals surface area contributed by atoms with Crippen LogP contribution in [0.1, 0.15) is 5.69 Å². The number of aryl methyl sites for hydroxylation is 1. The van der Waals surface area contributed by atoms with Crippen molar-refractivity contribution < 1.29 is 14.7 Å². The lowest BCUT2D eigenvalue weighted by Gasteiger charge is -2.09. The van der Waals surface area contributed by atoms with E-state index in [4.69, 9.17) is 5.11 Å². The largest absolute Gasteiger partial charge is 0.395 e. The van der Waals surface area contributed by atoms with E-state index in [1.54, 1.807) is 6.07 Å². The number of aliphatic hydroxyl groups is 1. The molecule has 2 rings (SSSR count). The van der Waals surface area contributed by atoms with Crippen molar-refractivity contribution in [2.75, 3.05) is 18.5 Å². The van der Waals surface area contributed by atoms with Crippen LogP contribution in [0.25, 0.3) is 10.9 Å². The fourth-order valence-electron chi connectivity index (χ4n) is 1.84. The van der Waals surface area contributed by atoms with Crippen molar-refractivity contribution in [3.63, 3.8) is 0 Å². The van der Waals surface area contributed by atoms with E-state index in [1.807, 2.05) is 31.2 Å². The molecule has 0 aliphatic carbocycles. The van der Waals surface area contributed by atoms with Gasteiger partial charge in [-0.1, -0.05) is 18.2 Å². The number of para-hydroxylation sites is 1. The molecule has 2 amide bonds. The third-order valence-electron chi connectivity index (χ3n) is 2.70. The van der Waals surface area contributed by atoms with Gasteiger partial charge in [0, 0.05) is 17.6 Å². The van der Waals surface area contributed by atoms with Crippen LogP contribution >= 0.6 is 0 Å². The van der Waals surface area contributed by atoms with Crippen LogP contribution in [-0.2, 0) is 9.59 Å². The molecule has 104 valence electrons. The molecule has 0 bridgehead atoms. The molecule has 1 heterocycles. The number of aliphatic hydroxyl groups excluding tert-OH is 1. The van der Waals surface area contributed by atoms with Gasteiger partial charge in [-0.05, 0) is 19.1 Å². The summed E-state index contributed by atoms with van der Waals surface area (Å²) < 4.78 is 0. The third kappa shape index (κ3) is 3.10. The number of pyridine rings is 1. The minimum absolute atomic E-state index is 0.0440. The first-order valence-electron chi connectivity index (χ1n) is 6.18. The quantitative estimate of drug-likeness (QED) is 0.714. The van der Waals surface area contributed by atoms with E-state index in [2.05, 4.69) is 15.6 Å². The molecular formula is C14H15N3O3. The van der Waals surface area contributed by atoms with Crippen LogP contribution in [0.15, 0.2) is 30.3 Å². The molecule has 6 nitrogen and oxygen atoms in total. The van der Waals surface area contributed by atoms with Gasteiger partial charge < -0.3 is 15.7 Å². The summed E-state index contributed by atoms with van der Waals surface area (Å²) in [6.45, 7) is 1.65. The summed E-state index contributed by atoms with van der Waals surface area (Å²) in [5.41, 5.74) is 2.03. The Morgan fingerprint density at radius 3 is 2.75 bits per heavy atom. The van der Waals surface area contributed by atoms with Crippen LogP contribution in [0, 0.1) is 6.92 Å². The smallest absolute Gasteiger partial charge is 0.313 e. The number of hydrogen-bond donors (Lipinski definition) is 3. The maximum Gasteiger partial charge on any atom is 0.313 e. The number of amides is 2. The van der Waals surface area contributed by atoms with Gasteiger partial charge in [0.1, 0.15) is 0 Å². The first-order chi connectivity index (χ1) is 9.61. The summed E-state index contributed by atoms with van der Waals surface area (Å²) in [4.78, 5) is 27.6. The number of nitrogens with zero attached hydrogens (tertiary/aromatic N) is 1. The molecule has 0 atom stereocenters. The van der Waals surface area contributed by atoms with Gasteiger partial charge in [0.25, 0.3) is 0 Å². The van der Waals surface area contributed by atoms with Crippen molar-refractivity contribution >= 4 is 28.4 Å². The fraction of sp³-hybridized carbons (Fsp3) is 0.214. The van der Waals surface area contributed by atoms with Crippen LogP contribution in [0.3, 0.4) is 0 Å². The van der Waals surface area contributed by atoms with Gasteiger partial charge in [0.15, 0.2) is 0 Å². The second-order valence-corrected chi connectivity index (χ2v) is 4.26. The molecule has 1 aromatic carbocycles. The minimum Gasteiger partial charge on any atom is -0.395 e. The number of aromatic nitrogens is 1. The van der Waals surface area contributed by atoms with Gasteiger partial charge in [-0.3, -0.25) is 14.6 Å². The van der Waals surface area contributed by atoms with E-state index < -0.39 is 11.8 Å². The van der Waals surface area contributed by atoms with Crippen molar-refractivity contribution in [3.05, 3.63) is 36.0 Å². The number of nitrogens with one attached hydrogen (secondary N) is 2. The number of carbonyl (C=O) groups is 2. The van der Waals surface area contributed by atoms with Crippen LogP contribution in [0.5, 0.6) is 0 Å². The molecule has 0 saturated carbocycles. The molecule has 20 heavy (non-hydrogen) atoms. The lowest BCUT2D eigenvalue weighted by molar-refractivity contribution is -0.136. The van der Waals surface area contributed by atoms with Gasteiger partial charge >= 0.3 is 11.8 Å². The topological polar surface area (TPSA) is 91.3 Å². The van der Waals surface area contributed by atoms with E-state index in [9.17, 15) is 9.59 Å². The Bertz CT molecular complexity index is 655. The van der Waals surface area contributed by atoms with E-state index in [1.165, 1.54) is 0 Å². The molecular weight excluding hydrogens is 258 g/mol. The van der Waals surface area contributed by atoms with Crippen molar-refractivity contribution in [1.29, 1.82) is 0 Å². The molecule has 2 aromatic rings. The molecule has 0 unspecified atom stereocenters. The Kier molecular flexibility index (Phi) is 4.27. The Morgan fingerprint density at radius 2 is 2.00 bits per heavy atom. The molecule has 0 aliphatic heterocycles. The summed E-state index contributed by atoms with van der Waals surface area (Å²) in [7, 11) is 0.